The Bertz CT molecular complexity index is 888. The molecule has 6 nitrogen and oxygen atoms in total. The summed E-state index contributed by atoms with van der Waals surface area (Å²) in [5, 5.41) is 0. The number of nitrogens with zero attached hydrogens (tertiary/aromatic N) is 2. The monoisotopic (exact) mass is 789 g/mol. The van der Waals surface area contributed by atoms with Crippen molar-refractivity contribution >= 4 is 11.9 Å². The molecule has 0 saturated carbocycles. The predicted molar refractivity (Wildman–Crippen MR) is 243 cm³/mol. The highest BCUT2D eigenvalue weighted by atomic mass is 16.5. The van der Waals surface area contributed by atoms with E-state index in [2.05, 4.69) is 54.9 Å². The molecule has 0 radical (unpaired) electrons. The molecule has 0 fully saturated rings. The second-order valence-corrected chi connectivity index (χ2v) is 16.9. The lowest BCUT2D eigenvalue weighted by Crippen LogP contribution is -2.30. The van der Waals surface area contributed by atoms with E-state index in [4.69, 9.17) is 9.47 Å². The van der Waals surface area contributed by atoms with Crippen LogP contribution in [-0.4, -0.2) is 75.2 Å². The first-order valence-electron chi connectivity index (χ1n) is 24.4. The fourth-order valence-corrected chi connectivity index (χ4v) is 7.36. The van der Waals surface area contributed by atoms with Crippen LogP contribution < -0.4 is 0 Å². The largest absolute Gasteiger partial charge is 0.465 e. The molecule has 0 saturated heterocycles. The Balaban J connectivity index is 4.34. The average Bonchev–Trinajstić information content (AvgIpc) is 3.18. The van der Waals surface area contributed by atoms with E-state index in [1.807, 2.05) is 14.1 Å². The normalized spacial score (nSPS) is 12.5. The van der Waals surface area contributed by atoms with Crippen LogP contribution in [0, 0.1) is 5.92 Å². The van der Waals surface area contributed by atoms with Crippen molar-refractivity contribution < 1.29 is 19.1 Å². The van der Waals surface area contributed by atoms with Crippen molar-refractivity contribution in [2.24, 2.45) is 5.92 Å². The fraction of sp³-hybridized carbons (Fsp3) is 0.880. The molecule has 0 aliphatic heterocycles. The summed E-state index contributed by atoms with van der Waals surface area (Å²) >= 11 is 0. The Morgan fingerprint density at radius 3 is 1.50 bits per heavy atom. The minimum atomic E-state index is -0.0634. The van der Waals surface area contributed by atoms with E-state index in [1.54, 1.807) is 0 Å². The van der Waals surface area contributed by atoms with E-state index in [-0.39, 0.29) is 17.9 Å². The fourth-order valence-electron chi connectivity index (χ4n) is 7.36. The van der Waals surface area contributed by atoms with Gasteiger partial charge in [0.05, 0.1) is 12.5 Å². The smallest absolute Gasteiger partial charge is 0.308 e. The van der Waals surface area contributed by atoms with Gasteiger partial charge in [-0.1, -0.05) is 173 Å². The number of ether oxygens (including phenoxy) is 2. The van der Waals surface area contributed by atoms with Crippen LogP contribution in [0.25, 0.3) is 0 Å². The van der Waals surface area contributed by atoms with Crippen molar-refractivity contribution in [2.75, 3.05) is 53.5 Å². The van der Waals surface area contributed by atoms with E-state index >= 15 is 0 Å². The first-order chi connectivity index (χ1) is 27.4. The summed E-state index contributed by atoms with van der Waals surface area (Å²) in [6.07, 6.45) is 47.4. The molecule has 0 aromatic heterocycles. The molecule has 1 atom stereocenters. The van der Waals surface area contributed by atoms with Gasteiger partial charge >= 0.3 is 11.9 Å². The second kappa shape index (κ2) is 44.4. The topological polar surface area (TPSA) is 59.1 Å². The van der Waals surface area contributed by atoms with Gasteiger partial charge in [-0.25, -0.2) is 0 Å². The van der Waals surface area contributed by atoms with Gasteiger partial charge < -0.3 is 14.4 Å². The molecule has 0 spiro atoms. The van der Waals surface area contributed by atoms with Gasteiger partial charge in [-0.3, -0.25) is 14.5 Å². The lowest BCUT2D eigenvalue weighted by Gasteiger charge is -2.22. The van der Waals surface area contributed by atoms with Gasteiger partial charge in [-0.2, -0.15) is 0 Å². The number of hydrogen-bond acceptors (Lipinski definition) is 6. The van der Waals surface area contributed by atoms with Crippen molar-refractivity contribution in [1.29, 1.82) is 0 Å². The van der Waals surface area contributed by atoms with E-state index in [9.17, 15) is 9.59 Å². The van der Waals surface area contributed by atoms with E-state index in [1.165, 1.54) is 148 Å². The Hall–Kier alpha value is -1.66. The van der Waals surface area contributed by atoms with Crippen LogP contribution in [0.2, 0.25) is 0 Å². The van der Waals surface area contributed by atoms with Gasteiger partial charge in [0.2, 0.25) is 0 Å². The molecule has 0 aliphatic rings. The van der Waals surface area contributed by atoms with Crippen molar-refractivity contribution in [3.8, 4) is 0 Å². The molecule has 0 N–H and O–H groups in total. The lowest BCUT2D eigenvalue weighted by molar-refractivity contribution is -0.149. The quantitative estimate of drug-likeness (QED) is 0.0348. The lowest BCUT2D eigenvalue weighted by atomic mass is 9.94. The first-order valence-corrected chi connectivity index (χ1v) is 24.4. The SMILES string of the molecule is CCCCC/C=C/C/C=C/CCCCCCCCN(CCCCCCCCOC(=O)C(CCCCCC)CCCCCCCC)CCOC(=O)CCCN(C)C. The maximum atomic E-state index is 13.0. The summed E-state index contributed by atoms with van der Waals surface area (Å²) < 4.78 is 11.4. The van der Waals surface area contributed by atoms with Crippen molar-refractivity contribution in [3.05, 3.63) is 24.3 Å². The van der Waals surface area contributed by atoms with Crippen LogP contribution in [0.5, 0.6) is 0 Å². The molecule has 6 heteroatoms. The third kappa shape index (κ3) is 40.5. The molecule has 330 valence electrons. The van der Waals surface area contributed by atoms with E-state index in [0.717, 1.165) is 77.5 Å². The van der Waals surface area contributed by atoms with Crippen molar-refractivity contribution in [1.82, 2.24) is 9.80 Å². The predicted octanol–water partition coefficient (Wildman–Crippen LogP) is 14.2. The number of rotatable bonds is 44. The zero-order chi connectivity index (χ0) is 41.0. The average molecular weight is 789 g/mol. The summed E-state index contributed by atoms with van der Waals surface area (Å²) in [5.41, 5.74) is 0. The molecule has 56 heavy (non-hydrogen) atoms. The highest BCUT2D eigenvalue weighted by molar-refractivity contribution is 5.72. The second-order valence-electron chi connectivity index (χ2n) is 16.9. The zero-order valence-corrected chi connectivity index (χ0v) is 38.3. The van der Waals surface area contributed by atoms with E-state index in [0.29, 0.717) is 19.6 Å². The van der Waals surface area contributed by atoms with Crippen molar-refractivity contribution in [3.63, 3.8) is 0 Å². The third-order valence-electron chi connectivity index (χ3n) is 11.1. The Morgan fingerprint density at radius 1 is 0.464 bits per heavy atom. The Kier molecular flexibility index (Phi) is 43.1. The van der Waals surface area contributed by atoms with E-state index < -0.39 is 0 Å². The van der Waals surface area contributed by atoms with Gasteiger partial charge in [0.25, 0.3) is 0 Å². The highest BCUT2D eigenvalue weighted by Crippen LogP contribution is 2.21. The number of unbranched alkanes of at least 4 members (excludes halogenated alkanes) is 22. The molecule has 0 heterocycles. The van der Waals surface area contributed by atoms with Gasteiger partial charge in [0, 0.05) is 13.0 Å². The standard InChI is InChI=1S/C50H96N2O4/c1-6-9-12-15-17-18-19-20-21-22-23-24-25-26-30-35-43-52(45-47-55-49(53)41-38-42-51(4)5)44-36-31-27-28-32-37-46-56-50(54)48(39-33-14-11-8-3)40-34-29-16-13-10-7-2/h17-18,20-21,48H,6-16,19,22-47H2,1-5H3/b18-17+,21-20+. The number of esters is 2. The summed E-state index contributed by atoms with van der Waals surface area (Å²) in [4.78, 5) is 29.9. The van der Waals surface area contributed by atoms with Gasteiger partial charge in [-0.05, 0) is 104 Å². The van der Waals surface area contributed by atoms with Gasteiger partial charge in [-0.15, -0.1) is 0 Å². The van der Waals surface area contributed by atoms with Crippen LogP contribution in [0.1, 0.15) is 226 Å². The summed E-state index contributed by atoms with van der Waals surface area (Å²) in [6.45, 7) is 11.8. The molecular weight excluding hydrogens is 693 g/mol. The number of carbonyl (C=O) groups is 2. The third-order valence-corrected chi connectivity index (χ3v) is 11.1. The van der Waals surface area contributed by atoms with Crippen LogP contribution in [0.4, 0.5) is 0 Å². The molecule has 0 aliphatic carbocycles. The summed E-state index contributed by atoms with van der Waals surface area (Å²) in [7, 11) is 4.08. The Labute approximate surface area is 349 Å². The molecule has 0 amide bonds. The highest BCUT2D eigenvalue weighted by Gasteiger charge is 2.19. The van der Waals surface area contributed by atoms with Crippen LogP contribution in [0.15, 0.2) is 24.3 Å². The number of hydrogen-bond donors (Lipinski definition) is 0. The van der Waals surface area contributed by atoms with Crippen LogP contribution in [0.3, 0.4) is 0 Å². The summed E-state index contributed by atoms with van der Waals surface area (Å²) in [5.74, 6) is 0.100. The minimum absolute atomic E-state index is 0.0634. The molecular formula is C50H96N2O4. The number of carbonyl (C=O) groups excluding carboxylic acids is 2. The van der Waals surface area contributed by atoms with Gasteiger partial charge in [0.1, 0.15) is 6.61 Å². The van der Waals surface area contributed by atoms with Gasteiger partial charge in [0.15, 0.2) is 0 Å². The maximum absolute atomic E-state index is 13.0. The molecule has 0 rings (SSSR count). The van der Waals surface area contributed by atoms with Crippen molar-refractivity contribution in [2.45, 2.75) is 226 Å². The molecule has 0 aromatic carbocycles. The first kappa shape index (κ1) is 54.3. The minimum Gasteiger partial charge on any atom is -0.465 e. The molecule has 0 aromatic rings. The van der Waals surface area contributed by atoms with Crippen LogP contribution >= 0.6 is 0 Å². The zero-order valence-electron chi connectivity index (χ0n) is 38.3. The Morgan fingerprint density at radius 2 is 0.929 bits per heavy atom. The maximum Gasteiger partial charge on any atom is 0.308 e. The number of allylic oxidation sites excluding steroid dienone is 4. The summed E-state index contributed by atoms with van der Waals surface area (Å²) in [6, 6.07) is 0. The molecule has 0 bridgehead atoms. The van der Waals surface area contributed by atoms with Crippen LogP contribution in [-0.2, 0) is 19.1 Å². The molecule has 1 unspecified atom stereocenters.